The molecule has 2 aromatic rings. The van der Waals surface area contributed by atoms with Crippen LogP contribution < -0.4 is 5.32 Å². The molecule has 0 unspecified atom stereocenters. The van der Waals surface area contributed by atoms with Gasteiger partial charge in [0, 0.05) is 6.20 Å². The van der Waals surface area contributed by atoms with Crippen LogP contribution in [0.5, 0.6) is 0 Å². The highest BCUT2D eigenvalue weighted by molar-refractivity contribution is 5.74. The third kappa shape index (κ3) is 1.81. The largest absolute Gasteiger partial charge is 0.465 e. The van der Waals surface area contributed by atoms with Gasteiger partial charge < -0.3 is 15.4 Å². The zero-order valence-electron chi connectivity index (χ0n) is 8.98. The zero-order valence-corrected chi connectivity index (χ0v) is 8.98. The van der Waals surface area contributed by atoms with Crippen LogP contribution >= 0.6 is 0 Å². The number of aromatic amines is 1. The van der Waals surface area contributed by atoms with Gasteiger partial charge >= 0.3 is 6.09 Å². The number of rotatable bonds is 2. The number of carboxylic acid groups (broad SMARTS) is 1. The van der Waals surface area contributed by atoms with E-state index in [4.69, 9.17) is 5.11 Å². The molecule has 0 saturated heterocycles. The van der Waals surface area contributed by atoms with Crippen LogP contribution in [0.1, 0.15) is 19.7 Å². The number of H-pyrrole nitrogens is 1. The predicted octanol–water partition coefficient (Wildman–Crippen LogP) is 1.46. The first-order chi connectivity index (χ1) is 7.49. The summed E-state index contributed by atoms with van der Waals surface area (Å²) in [6.45, 7) is 3.48. The van der Waals surface area contributed by atoms with Gasteiger partial charge in [-0.3, -0.25) is 4.98 Å². The van der Waals surface area contributed by atoms with Gasteiger partial charge in [0.1, 0.15) is 5.82 Å². The van der Waals surface area contributed by atoms with E-state index < -0.39 is 11.6 Å². The lowest BCUT2D eigenvalue weighted by atomic mass is 10.1. The first kappa shape index (κ1) is 10.4. The van der Waals surface area contributed by atoms with Gasteiger partial charge in [-0.05, 0) is 19.9 Å². The molecule has 2 heterocycles. The Bertz CT molecular complexity index is 499. The summed E-state index contributed by atoms with van der Waals surface area (Å²) in [5.41, 5.74) is 0.799. The summed E-state index contributed by atoms with van der Waals surface area (Å²) in [7, 11) is 0. The van der Waals surface area contributed by atoms with Crippen LogP contribution in [0.3, 0.4) is 0 Å². The minimum atomic E-state index is -1.08. The summed E-state index contributed by atoms with van der Waals surface area (Å²) in [6, 6.07) is 1.77. The quantitative estimate of drug-likeness (QED) is 0.714. The fourth-order valence-corrected chi connectivity index (χ4v) is 1.48. The summed E-state index contributed by atoms with van der Waals surface area (Å²) in [4.78, 5) is 22.0. The Morgan fingerprint density at radius 2 is 2.31 bits per heavy atom. The van der Waals surface area contributed by atoms with Crippen molar-refractivity contribution in [3.8, 4) is 0 Å². The molecule has 0 aliphatic rings. The van der Waals surface area contributed by atoms with Gasteiger partial charge in [0.05, 0.1) is 22.8 Å². The molecule has 0 radical (unpaired) electrons. The Morgan fingerprint density at radius 1 is 1.56 bits per heavy atom. The first-order valence-electron chi connectivity index (χ1n) is 4.80. The third-order valence-corrected chi connectivity index (χ3v) is 2.29. The molecule has 2 rings (SSSR count). The molecule has 0 aromatic carbocycles. The number of hydrogen-bond donors (Lipinski definition) is 3. The van der Waals surface area contributed by atoms with Crippen molar-refractivity contribution in [2.45, 2.75) is 19.4 Å². The molecule has 0 atom stereocenters. The molecule has 0 saturated carbocycles. The number of amides is 1. The third-order valence-electron chi connectivity index (χ3n) is 2.29. The predicted molar refractivity (Wildman–Crippen MR) is 58.1 cm³/mol. The van der Waals surface area contributed by atoms with Crippen LogP contribution in [0.4, 0.5) is 4.79 Å². The number of fused-ring (bicyclic) bond motifs is 1. The van der Waals surface area contributed by atoms with Gasteiger partial charge in [-0.1, -0.05) is 0 Å². The number of nitrogens with zero attached hydrogens (tertiary/aromatic N) is 2. The Kier molecular flexibility index (Phi) is 2.26. The molecule has 1 amide bonds. The highest BCUT2D eigenvalue weighted by Crippen LogP contribution is 2.19. The average Bonchev–Trinajstić information content (AvgIpc) is 2.59. The molecule has 2 aromatic heterocycles. The van der Waals surface area contributed by atoms with Crippen LogP contribution in [-0.4, -0.2) is 26.2 Å². The Hall–Kier alpha value is -2.11. The molecule has 16 heavy (non-hydrogen) atoms. The number of imidazole rings is 1. The van der Waals surface area contributed by atoms with Gasteiger partial charge in [-0.15, -0.1) is 0 Å². The fraction of sp³-hybridized carbons (Fsp3) is 0.300. The van der Waals surface area contributed by atoms with E-state index in [1.165, 1.54) is 0 Å². The van der Waals surface area contributed by atoms with E-state index in [0.717, 1.165) is 11.0 Å². The van der Waals surface area contributed by atoms with Crippen molar-refractivity contribution >= 4 is 17.1 Å². The summed E-state index contributed by atoms with van der Waals surface area (Å²) in [5.74, 6) is 0.568. The second kappa shape index (κ2) is 3.48. The molecule has 0 aliphatic heterocycles. The van der Waals surface area contributed by atoms with Crippen molar-refractivity contribution < 1.29 is 9.90 Å². The average molecular weight is 220 g/mol. The number of nitrogens with one attached hydrogen (secondary N) is 2. The molecule has 0 aliphatic carbocycles. The van der Waals surface area contributed by atoms with Crippen LogP contribution in [-0.2, 0) is 5.54 Å². The van der Waals surface area contributed by atoms with E-state index in [1.54, 1.807) is 32.3 Å². The van der Waals surface area contributed by atoms with Gasteiger partial charge in [0.2, 0.25) is 0 Å². The smallest absolute Gasteiger partial charge is 0.405 e. The molecule has 3 N–H and O–H groups in total. The maximum atomic E-state index is 10.6. The maximum Gasteiger partial charge on any atom is 0.405 e. The Labute approximate surface area is 91.7 Å². The summed E-state index contributed by atoms with van der Waals surface area (Å²) >= 11 is 0. The zero-order chi connectivity index (χ0) is 11.8. The Balaban J connectivity index is 2.43. The normalized spacial score (nSPS) is 11.6. The van der Waals surface area contributed by atoms with E-state index in [0.29, 0.717) is 5.82 Å². The second-order valence-electron chi connectivity index (χ2n) is 4.03. The number of hydrogen-bond acceptors (Lipinski definition) is 3. The minimum absolute atomic E-state index is 0.568. The molecule has 0 spiro atoms. The van der Waals surface area contributed by atoms with Crippen molar-refractivity contribution in [1.29, 1.82) is 0 Å². The monoisotopic (exact) mass is 220 g/mol. The van der Waals surface area contributed by atoms with Gasteiger partial charge in [-0.25, -0.2) is 9.78 Å². The first-order valence-corrected chi connectivity index (χ1v) is 4.80. The van der Waals surface area contributed by atoms with Crippen molar-refractivity contribution in [3.63, 3.8) is 0 Å². The van der Waals surface area contributed by atoms with Crippen molar-refractivity contribution in [2.75, 3.05) is 0 Å². The number of pyridine rings is 1. The molecule has 0 bridgehead atoms. The lowest BCUT2D eigenvalue weighted by Crippen LogP contribution is -2.40. The van der Waals surface area contributed by atoms with Crippen LogP contribution in [0.15, 0.2) is 18.5 Å². The molecular formula is C10H12N4O2. The van der Waals surface area contributed by atoms with Gasteiger partial charge in [-0.2, -0.15) is 0 Å². The van der Waals surface area contributed by atoms with Crippen LogP contribution in [0.25, 0.3) is 11.0 Å². The molecule has 6 nitrogen and oxygen atoms in total. The second-order valence-corrected chi connectivity index (χ2v) is 4.03. The van der Waals surface area contributed by atoms with Crippen LogP contribution in [0.2, 0.25) is 0 Å². The van der Waals surface area contributed by atoms with Gasteiger partial charge in [0.15, 0.2) is 0 Å². The molecule has 0 fully saturated rings. The maximum absolute atomic E-state index is 10.6. The van der Waals surface area contributed by atoms with Crippen molar-refractivity contribution in [2.24, 2.45) is 0 Å². The topological polar surface area (TPSA) is 90.9 Å². The van der Waals surface area contributed by atoms with E-state index in [2.05, 4.69) is 20.3 Å². The SMILES string of the molecule is CC(C)(NC(=O)O)c1nc2ccncc2[nH]1. The molecule has 6 heteroatoms. The standard InChI is InChI=1S/C10H12N4O2/c1-10(2,14-9(15)16)8-12-6-3-4-11-5-7(6)13-8/h3-5,14H,1-2H3,(H,12,13)(H,15,16). The summed E-state index contributed by atoms with van der Waals surface area (Å²) in [5, 5.41) is 11.1. The van der Waals surface area contributed by atoms with Crippen LogP contribution in [0, 0.1) is 0 Å². The van der Waals surface area contributed by atoms with E-state index in [9.17, 15) is 4.79 Å². The lowest BCUT2D eigenvalue weighted by molar-refractivity contribution is 0.181. The minimum Gasteiger partial charge on any atom is -0.465 e. The van der Waals surface area contributed by atoms with E-state index >= 15 is 0 Å². The summed E-state index contributed by atoms with van der Waals surface area (Å²) < 4.78 is 0. The van der Waals surface area contributed by atoms with Crippen molar-refractivity contribution in [1.82, 2.24) is 20.3 Å². The highest BCUT2D eigenvalue weighted by Gasteiger charge is 2.26. The molecule has 84 valence electrons. The number of carbonyl (C=O) groups is 1. The lowest BCUT2D eigenvalue weighted by Gasteiger charge is -2.21. The fourth-order valence-electron chi connectivity index (χ4n) is 1.48. The summed E-state index contributed by atoms with van der Waals surface area (Å²) in [6.07, 6.45) is 2.22. The molecular weight excluding hydrogens is 208 g/mol. The van der Waals surface area contributed by atoms with Crippen molar-refractivity contribution in [3.05, 3.63) is 24.3 Å². The van der Waals surface area contributed by atoms with E-state index in [-0.39, 0.29) is 0 Å². The van der Waals surface area contributed by atoms with Gasteiger partial charge in [0.25, 0.3) is 0 Å². The number of aromatic nitrogens is 3. The van der Waals surface area contributed by atoms with E-state index in [1.807, 2.05) is 0 Å². The highest BCUT2D eigenvalue weighted by atomic mass is 16.4. The Morgan fingerprint density at radius 3 is 2.94 bits per heavy atom.